The Morgan fingerprint density at radius 2 is 1.73 bits per heavy atom. The van der Waals surface area contributed by atoms with Gasteiger partial charge in [0.15, 0.2) is 0 Å². The summed E-state index contributed by atoms with van der Waals surface area (Å²) in [5, 5.41) is 3.47. The van der Waals surface area contributed by atoms with E-state index in [1.807, 2.05) is 59.5 Å². The SMILES string of the molecule is C[C@H](Nc1nccc2c1CN(Cc1ccccc1)C2=O)c1ccccc1. The maximum Gasteiger partial charge on any atom is 0.255 e. The van der Waals surface area contributed by atoms with Gasteiger partial charge in [0.2, 0.25) is 0 Å². The maximum atomic E-state index is 12.8. The van der Waals surface area contributed by atoms with Crippen molar-refractivity contribution >= 4 is 11.7 Å². The molecule has 1 amide bonds. The highest BCUT2D eigenvalue weighted by atomic mass is 16.2. The molecule has 0 spiro atoms. The van der Waals surface area contributed by atoms with Crippen molar-refractivity contribution in [3.8, 4) is 0 Å². The molecule has 4 rings (SSSR count). The Labute approximate surface area is 153 Å². The zero-order chi connectivity index (χ0) is 17.9. The average Bonchev–Trinajstić information content (AvgIpc) is 3.00. The first-order chi connectivity index (χ1) is 12.7. The zero-order valence-corrected chi connectivity index (χ0v) is 14.7. The number of hydrogen-bond acceptors (Lipinski definition) is 3. The molecule has 4 heteroatoms. The molecule has 0 bridgehead atoms. The monoisotopic (exact) mass is 343 g/mol. The highest BCUT2D eigenvalue weighted by Gasteiger charge is 2.30. The van der Waals surface area contributed by atoms with E-state index in [1.165, 1.54) is 5.56 Å². The van der Waals surface area contributed by atoms with Crippen LogP contribution in [0.3, 0.4) is 0 Å². The first-order valence-electron chi connectivity index (χ1n) is 8.85. The Bertz CT molecular complexity index is 909. The predicted octanol–water partition coefficient (Wildman–Crippen LogP) is 4.41. The molecule has 2 heterocycles. The Kier molecular flexibility index (Phi) is 4.40. The number of anilines is 1. The van der Waals surface area contributed by atoms with Crippen molar-refractivity contribution in [2.24, 2.45) is 0 Å². The van der Waals surface area contributed by atoms with E-state index < -0.39 is 0 Å². The fourth-order valence-electron chi connectivity index (χ4n) is 3.37. The Morgan fingerprint density at radius 1 is 1.04 bits per heavy atom. The molecular weight excluding hydrogens is 322 g/mol. The number of carbonyl (C=O) groups excluding carboxylic acids is 1. The topological polar surface area (TPSA) is 45.2 Å². The van der Waals surface area contributed by atoms with Gasteiger partial charge in [0.25, 0.3) is 5.91 Å². The number of nitrogens with one attached hydrogen (secondary N) is 1. The number of aromatic nitrogens is 1. The normalized spacial score (nSPS) is 14.2. The molecule has 1 aliphatic rings. The summed E-state index contributed by atoms with van der Waals surface area (Å²) < 4.78 is 0. The van der Waals surface area contributed by atoms with E-state index in [9.17, 15) is 4.79 Å². The minimum Gasteiger partial charge on any atom is -0.363 e. The van der Waals surface area contributed by atoms with E-state index in [0.29, 0.717) is 13.1 Å². The third-order valence-corrected chi connectivity index (χ3v) is 4.79. The molecule has 0 radical (unpaired) electrons. The lowest BCUT2D eigenvalue weighted by Crippen LogP contribution is -2.23. The van der Waals surface area contributed by atoms with Crippen molar-refractivity contribution in [1.82, 2.24) is 9.88 Å². The zero-order valence-electron chi connectivity index (χ0n) is 14.7. The van der Waals surface area contributed by atoms with Crippen LogP contribution >= 0.6 is 0 Å². The summed E-state index contributed by atoms with van der Waals surface area (Å²) in [6.45, 7) is 3.30. The van der Waals surface area contributed by atoms with Crippen LogP contribution in [0.25, 0.3) is 0 Å². The van der Waals surface area contributed by atoms with Crippen LogP contribution in [0.4, 0.5) is 5.82 Å². The molecule has 0 fully saturated rings. The van der Waals surface area contributed by atoms with Crippen molar-refractivity contribution in [1.29, 1.82) is 0 Å². The minimum atomic E-state index is 0.0710. The van der Waals surface area contributed by atoms with Crippen molar-refractivity contribution in [2.75, 3.05) is 5.32 Å². The number of rotatable bonds is 5. The van der Waals surface area contributed by atoms with E-state index in [1.54, 1.807) is 6.20 Å². The summed E-state index contributed by atoms with van der Waals surface area (Å²) in [5.74, 6) is 0.865. The highest BCUT2D eigenvalue weighted by Crippen LogP contribution is 2.30. The summed E-state index contributed by atoms with van der Waals surface area (Å²) in [7, 11) is 0. The van der Waals surface area contributed by atoms with Gasteiger partial charge in [-0.1, -0.05) is 60.7 Å². The molecule has 1 N–H and O–H groups in total. The van der Waals surface area contributed by atoms with Crippen LogP contribution in [0.5, 0.6) is 0 Å². The molecule has 3 aromatic rings. The summed E-state index contributed by atoms with van der Waals surface area (Å²) >= 11 is 0. The molecule has 130 valence electrons. The van der Waals surface area contributed by atoms with Gasteiger partial charge in [0.1, 0.15) is 5.82 Å². The largest absolute Gasteiger partial charge is 0.363 e. The first kappa shape index (κ1) is 16.3. The van der Waals surface area contributed by atoms with Gasteiger partial charge in [0.05, 0.1) is 6.54 Å². The van der Waals surface area contributed by atoms with E-state index >= 15 is 0 Å². The van der Waals surface area contributed by atoms with Gasteiger partial charge in [-0.2, -0.15) is 0 Å². The summed E-state index contributed by atoms with van der Waals surface area (Å²) in [5.41, 5.74) is 4.06. The number of fused-ring (bicyclic) bond motifs is 1. The third-order valence-electron chi connectivity index (χ3n) is 4.79. The molecule has 0 saturated heterocycles. The lowest BCUT2D eigenvalue weighted by Gasteiger charge is -2.18. The molecule has 1 aliphatic heterocycles. The van der Waals surface area contributed by atoms with E-state index in [0.717, 1.165) is 22.5 Å². The lowest BCUT2D eigenvalue weighted by atomic mass is 10.1. The number of amides is 1. The van der Waals surface area contributed by atoms with Gasteiger partial charge in [-0.15, -0.1) is 0 Å². The van der Waals surface area contributed by atoms with Crippen LogP contribution in [-0.2, 0) is 13.1 Å². The van der Waals surface area contributed by atoms with Crippen molar-refractivity contribution in [3.63, 3.8) is 0 Å². The first-order valence-corrected chi connectivity index (χ1v) is 8.85. The second-order valence-electron chi connectivity index (χ2n) is 6.61. The Morgan fingerprint density at radius 3 is 2.46 bits per heavy atom. The molecule has 26 heavy (non-hydrogen) atoms. The summed E-state index contributed by atoms with van der Waals surface area (Å²) in [6, 6.07) is 22.3. The average molecular weight is 343 g/mol. The second kappa shape index (κ2) is 7.00. The minimum absolute atomic E-state index is 0.0710. The summed E-state index contributed by atoms with van der Waals surface area (Å²) in [4.78, 5) is 19.2. The van der Waals surface area contributed by atoms with E-state index in [4.69, 9.17) is 0 Å². The van der Waals surface area contributed by atoms with Crippen LogP contribution in [0.1, 0.15) is 40.0 Å². The van der Waals surface area contributed by atoms with Crippen molar-refractivity contribution < 1.29 is 4.79 Å². The predicted molar refractivity (Wildman–Crippen MR) is 103 cm³/mol. The van der Waals surface area contributed by atoms with Gasteiger partial charge in [0, 0.05) is 29.9 Å². The van der Waals surface area contributed by atoms with Crippen LogP contribution in [0.2, 0.25) is 0 Å². The number of nitrogens with zero attached hydrogens (tertiary/aromatic N) is 2. The van der Waals surface area contributed by atoms with Crippen LogP contribution in [0, 0.1) is 0 Å². The molecule has 1 aromatic heterocycles. The smallest absolute Gasteiger partial charge is 0.255 e. The lowest BCUT2D eigenvalue weighted by molar-refractivity contribution is 0.0767. The van der Waals surface area contributed by atoms with Crippen LogP contribution in [0.15, 0.2) is 72.9 Å². The second-order valence-corrected chi connectivity index (χ2v) is 6.61. The molecule has 0 saturated carbocycles. The standard InChI is InChI=1S/C22H21N3O/c1-16(18-10-6-3-7-11-18)24-21-20-15-25(14-17-8-4-2-5-9-17)22(26)19(20)12-13-23-21/h2-13,16H,14-15H2,1H3,(H,23,24)/t16-/m0/s1. The Hall–Kier alpha value is -3.14. The fraction of sp³-hybridized carbons (Fsp3) is 0.182. The van der Waals surface area contributed by atoms with Gasteiger partial charge < -0.3 is 10.2 Å². The van der Waals surface area contributed by atoms with E-state index in [-0.39, 0.29) is 11.9 Å². The Balaban J connectivity index is 1.56. The number of pyridine rings is 1. The quantitative estimate of drug-likeness (QED) is 0.746. The molecular formula is C22H21N3O. The van der Waals surface area contributed by atoms with Gasteiger partial charge in [-0.3, -0.25) is 4.79 Å². The van der Waals surface area contributed by atoms with Gasteiger partial charge in [-0.05, 0) is 24.1 Å². The summed E-state index contributed by atoms with van der Waals surface area (Å²) in [6.07, 6.45) is 1.71. The third kappa shape index (κ3) is 3.18. The van der Waals surface area contributed by atoms with Crippen LogP contribution < -0.4 is 5.32 Å². The molecule has 2 aromatic carbocycles. The van der Waals surface area contributed by atoms with Gasteiger partial charge in [-0.25, -0.2) is 4.98 Å². The maximum absolute atomic E-state index is 12.8. The molecule has 0 unspecified atom stereocenters. The molecule has 1 atom stereocenters. The molecule has 4 nitrogen and oxygen atoms in total. The van der Waals surface area contributed by atoms with Crippen molar-refractivity contribution in [3.05, 3.63) is 95.2 Å². The number of benzene rings is 2. The number of hydrogen-bond donors (Lipinski definition) is 1. The van der Waals surface area contributed by atoms with Crippen molar-refractivity contribution in [2.45, 2.75) is 26.1 Å². The fourth-order valence-corrected chi connectivity index (χ4v) is 3.37. The molecule has 0 aliphatic carbocycles. The van der Waals surface area contributed by atoms with Gasteiger partial charge >= 0.3 is 0 Å². The number of carbonyl (C=O) groups is 1. The van der Waals surface area contributed by atoms with Crippen LogP contribution in [-0.4, -0.2) is 15.8 Å². The highest BCUT2D eigenvalue weighted by molar-refractivity contribution is 5.99. The van der Waals surface area contributed by atoms with E-state index in [2.05, 4.69) is 29.4 Å².